The van der Waals surface area contributed by atoms with Gasteiger partial charge < -0.3 is 9.84 Å². The third-order valence-corrected chi connectivity index (χ3v) is 5.15. The Balaban J connectivity index is 2.12. The quantitative estimate of drug-likeness (QED) is 0.696. The van der Waals surface area contributed by atoms with Crippen LogP contribution in [0, 0.1) is 0 Å². The lowest BCUT2D eigenvalue weighted by Gasteiger charge is -2.20. The first-order valence-corrected chi connectivity index (χ1v) is 8.14. The van der Waals surface area contributed by atoms with E-state index in [-0.39, 0.29) is 23.9 Å². The van der Waals surface area contributed by atoms with Crippen molar-refractivity contribution in [2.24, 2.45) is 0 Å². The van der Waals surface area contributed by atoms with E-state index in [1.54, 1.807) is 0 Å². The smallest absolute Gasteiger partial charge is 0.305 e. The maximum absolute atomic E-state index is 12.6. The number of aliphatic carboxylic acids is 1. The molecule has 1 aliphatic carbocycles. The molecule has 0 radical (unpaired) electrons. The minimum absolute atomic E-state index is 0.0347. The molecule has 0 unspecified atom stereocenters. The summed E-state index contributed by atoms with van der Waals surface area (Å²) in [7, 11) is -2.08. The third-order valence-electron chi connectivity index (χ3n) is 3.24. The molecule has 21 heavy (non-hydrogen) atoms. The molecule has 0 aliphatic heterocycles. The van der Waals surface area contributed by atoms with Crippen LogP contribution in [0.15, 0.2) is 17.3 Å². The molecule has 1 saturated carbocycles. The van der Waals surface area contributed by atoms with Crippen molar-refractivity contribution in [3.05, 3.63) is 12.4 Å². The van der Waals surface area contributed by atoms with Crippen LogP contribution in [-0.4, -0.2) is 59.9 Å². The van der Waals surface area contributed by atoms with E-state index < -0.39 is 16.0 Å². The SMILES string of the molecule is COCCN(C1CC1)S(=O)(=O)c1cnn(CCC(=O)O)c1. The van der Waals surface area contributed by atoms with Crippen LogP contribution in [0.3, 0.4) is 0 Å². The number of ether oxygens (including phenoxy) is 1. The van der Waals surface area contributed by atoms with E-state index in [4.69, 9.17) is 9.84 Å². The van der Waals surface area contributed by atoms with Gasteiger partial charge in [0.2, 0.25) is 10.0 Å². The van der Waals surface area contributed by atoms with Crippen molar-refractivity contribution in [3.63, 3.8) is 0 Å². The standard InChI is InChI=1S/C12H19N3O5S/c1-20-7-6-15(10-2-3-10)21(18,19)11-8-13-14(9-11)5-4-12(16)17/h8-10H,2-7H2,1H3,(H,16,17). The van der Waals surface area contributed by atoms with E-state index >= 15 is 0 Å². The summed E-state index contributed by atoms with van der Waals surface area (Å²) in [6, 6.07) is 0.0347. The fourth-order valence-corrected chi connectivity index (χ4v) is 3.61. The topological polar surface area (TPSA) is 102 Å². The summed E-state index contributed by atoms with van der Waals surface area (Å²) in [5.41, 5.74) is 0. The van der Waals surface area contributed by atoms with Crippen LogP contribution in [0.2, 0.25) is 0 Å². The maximum Gasteiger partial charge on any atom is 0.305 e. The molecule has 0 amide bonds. The molecule has 118 valence electrons. The number of carboxylic acid groups (broad SMARTS) is 1. The number of carbonyl (C=O) groups is 1. The van der Waals surface area contributed by atoms with Gasteiger partial charge in [0.25, 0.3) is 0 Å². The minimum Gasteiger partial charge on any atom is -0.481 e. The summed E-state index contributed by atoms with van der Waals surface area (Å²) in [6.45, 7) is 0.791. The first-order valence-electron chi connectivity index (χ1n) is 6.70. The van der Waals surface area contributed by atoms with Crippen molar-refractivity contribution in [1.82, 2.24) is 14.1 Å². The molecule has 2 rings (SSSR count). The van der Waals surface area contributed by atoms with Crippen LogP contribution >= 0.6 is 0 Å². The first-order chi connectivity index (χ1) is 9.95. The number of carboxylic acids is 1. The lowest BCUT2D eigenvalue weighted by Crippen LogP contribution is -2.35. The highest BCUT2D eigenvalue weighted by Gasteiger charge is 2.38. The van der Waals surface area contributed by atoms with Gasteiger partial charge in [-0.05, 0) is 12.8 Å². The summed E-state index contributed by atoms with van der Waals surface area (Å²) < 4.78 is 32.9. The van der Waals surface area contributed by atoms with Crippen molar-refractivity contribution in [3.8, 4) is 0 Å². The van der Waals surface area contributed by atoms with Crippen LogP contribution in [0.5, 0.6) is 0 Å². The fraction of sp³-hybridized carbons (Fsp3) is 0.667. The average molecular weight is 317 g/mol. The predicted molar refractivity (Wildman–Crippen MR) is 73.3 cm³/mol. The number of hydrogen-bond donors (Lipinski definition) is 1. The third kappa shape index (κ3) is 4.02. The van der Waals surface area contributed by atoms with E-state index in [2.05, 4.69) is 5.10 Å². The molecule has 0 saturated heterocycles. The molecule has 1 aromatic heterocycles. The van der Waals surface area contributed by atoms with Crippen LogP contribution < -0.4 is 0 Å². The maximum atomic E-state index is 12.6. The van der Waals surface area contributed by atoms with Gasteiger partial charge in [-0.15, -0.1) is 0 Å². The summed E-state index contributed by atoms with van der Waals surface area (Å²) >= 11 is 0. The van der Waals surface area contributed by atoms with Crippen LogP contribution in [-0.2, 0) is 26.1 Å². The van der Waals surface area contributed by atoms with Gasteiger partial charge in [-0.25, -0.2) is 8.42 Å². The highest BCUT2D eigenvalue weighted by molar-refractivity contribution is 7.89. The molecule has 0 atom stereocenters. The Morgan fingerprint density at radius 2 is 2.29 bits per heavy atom. The molecule has 0 spiro atoms. The van der Waals surface area contributed by atoms with Crippen molar-refractivity contribution >= 4 is 16.0 Å². The van der Waals surface area contributed by atoms with Gasteiger partial charge in [0.05, 0.1) is 25.8 Å². The Morgan fingerprint density at radius 1 is 1.57 bits per heavy atom. The van der Waals surface area contributed by atoms with Gasteiger partial charge in [-0.3, -0.25) is 9.48 Å². The van der Waals surface area contributed by atoms with E-state index in [9.17, 15) is 13.2 Å². The number of hydrogen-bond acceptors (Lipinski definition) is 5. The number of sulfonamides is 1. The zero-order valence-corrected chi connectivity index (χ0v) is 12.6. The lowest BCUT2D eigenvalue weighted by atomic mass is 10.4. The number of aryl methyl sites for hydroxylation is 1. The van der Waals surface area contributed by atoms with Gasteiger partial charge in [0.15, 0.2) is 0 Å². The summed E-state index contributed by atoms with van der Waals surface area (Å²) in [4.78, 5) is 10.6. The largest absolute Gasteiger partial charge is 0.481 e. The Bertz CT molecular complexity index is 594. The molecule has 1 heterocycles. The lowest BCUT2D eigenvalue weighted by molar-refractivity contribution is -0.137. The van der Waals surface area contributed by atoms with Gasteiger partial charge in [-0.2, -0.15) is 9.40 Å². The highest BCUT2D eigenvalue weighted by Crippen LogP contribution is 2.31. The molecule has 1 aromatic rings. The number of methoxy groups -OCH3 is 1. The average Bonchev–Trinajstić information content (AvgIpc) is 3.13. The van der Waals surface area contributed by atoms with E-state index in [1.807, 2.05) is 0 Å². The Morgan fingerprint density at radius 3 is 2.86 bits per heavy atom. The fourth-order valence-electron chi connectivity index (χ4n) is 1.99. The monoisotopic (exact) mass is 317 g/mol. The molecular weight excluding hydrogens is 298 g/mol. The van der Waals surface area contributed by atoms with Crippen molar-refractivity contribution in [1.29, 1.82) is 0 Å². The number of nitrogens with zero attached hydrogens (tertiary/aromatic N) is 3. The van der Waals surface area contributed by atoms with Crippen LogP contribution in [0.4, 0.5) is 0 Å². The highest BCUT2D eigenvalue weighted by atomic mass is 32.2. The van der Waals surface area contributed by atoms with E-state index in [0.717, 1.165) is 12.8 Å². The molecule has 0 aromatic carbocycles. The Kier molecular flexibility index (Phi) is 4.96. The predicted octanol–water partition coefficient (Wildman–Crippen LogP) is 0.157. The zero-order chi connectivity index (χ0) is 15.5. The Labute approximate surface area is 123 Å². The van der Waals surface area contributed by atoms with E-state index in [1.165, 1.54) is 28.5 Å². The summed E-state index contributed by atoms with van der Waals surface area (Å²) in [6.07, 6.45) is 4.25. The normalized spacial score (nSPS) is 15.5. The molecule has 8 nitrogen and oxygen atoms in total. The molecule has 1 N–H and O–H groups in total. The van der Waals surface area contributed by atoms with Crippen LogP contribution in [0.25, 0.3) is 0 Å². The van der Waals surface area contributed by atoms with Gasteiger partial charge in [-0.1, -0.05) is 0 Å². The molecule has 1 aliphatic rings. The molecule has 9 heteroatoms. The first kappa shape index (κ1) is 15.9. The summed E-state index contributed by atoms with van der Waals surface area (Å²) in [5, 5.41) is 12.5. The molecule has 1 fully saturated rings. The van der Waals surface area contributed by atoms with E-state index in [0.29, 0.717) is 13.2 Å². The van der Waals surface area contributed by atoms with Gasteiger partial charge >= 0.3 is 5.97 Å². The van der Waals surface area contributed by atoms with Crippen molar-refractivity contribution in [2.45, 2.75) is 36.7 Å². The number of aromatic nitrogens is 2. The molecular formula is C12H19N3O5S. The molecule has 0 bridgehead atoms. The van der Waals surface area contributed by atoms with Gasteiger partial charge in [0.1, 0.15) is 4.90 Å². The van der Waals surface area contributed by atoms with Crippen LogP contribution in [0.1, 0.15) is 19.3 Å². The van der Waals surface area contributed by atoms with Crippen molar-refractivity contribution < 1.29 is 23.1 Å². The summed E-state index contributed by atoms with van der Waals surface area (Å²) in [5.74, 6) is -0.949. The second-order valence-electron chi connectivity index (χ2n) is 4.92. The number of rotatable bonds is 9. The second kappa shape index (κ2) is 6.54. The zero-order valence-electron chi connectivity index (χ0n) is 11.8. The second-order valence-corrected chi connectivity index (χ2v) is 6.81. The van der Waals surface area contributed by atoms with Gasteiger partial charge in [0, 0.05) is 25.9 Å². The minimum atomic E-state index is -3.61. The Hall–Kier alpha value is -1.45. The van der Waals surface area contributed by atoms with Crippen molar-refractivity contribution in [2.75, 3.05) is 20.3 Å².